The number of hydrogen-bond donors (Lipinski definition) is 1. The number of nitrogens with zero attached hydrogens (tertiary/aromatic N) is 1. The van der Waals surface area contributed by atoms with Crippen molar-refractivity contribution in [2.24, 2.45) is 0 Å². The Morgan fingerprint density at radius 3 is 2.58 bits per heavy atom. The van der Waals surface area contributed by atoms with Crippen LogP contribution in [0, 0.1) is 12.3 Å². The maximum atomic E-state index is 5.87. The molecule has 1 aromatic rings. The molecule has 0 radical (unpaired) electrons. The second-order valence-electron chi connectivity index (χ2n) is 5.09. The molecule has 0 unspecified atom stereocenters. The molecule has 2 nitrogen and oxygen atoms in total. The van der Waals surface area contributed by atoms with Gasteiger partial charge in [-0.1, -0.05) is 29.7 Å². The Labute approximate surface area is 121 Å². The van der Waals surface area contributed by atoms with Crippen LogP contribution in [0.5, 0.6) is 0 Å². The van der Waals surface area contributed by atoms with E-state index in [1.807, 2.05) is 12.1 Å². The number of nitrogens with one attached hydrogen (secondary N) is 1. The highest BCUT2D eigenvalue weighted by atomic mass is 35.5. The lowest BCUT2D eigenvalue weighted by molar-refractivity contribution is 0.218. The van der Waals surface area contributed by atoms with Crippen LogP contribution in [0.2, 0.25) is 5.02 Å². The molecule has 0 spiro atoms. The number of rotatable bonds is 5. The van der Waals surface area contributed by atoms with Crippen LogP contribution >= 0.6 is 11.6 Å². The fraction of sp³-hybridized carbons (Fsp3) is 0.500. The molecule has 2 rings (SSSR count). The van der Waals surface area contributed by atoms with E-state index < -0.39 is 0 Å². The van der Waals surface area contributed by atoms with Crippen LogP contribution in [0.1, 0.15) is 18.4 Å². The van der Waals surface area contributed by atoms with Gasteiger partial charge >= 0.3 is 0 Å². The van der Waals surface area contributed by atoms with E-state index in [-0.39, 0.29) is 0 Å². The number of piperidine rings is 1. The standard InChI is InChI=1S/C16H21ClN2/c1-2-11-19-12-8-16(9-13-19)18-10-7-14-3-5-15(17)6-4-14/h1,3-6,16,18H,7-13H2. The largest absolute Gasteiger partial charge is 0.314 e. The van der Waals surface area contributed by atoms with Crippen LogP contribution in [0.4, 0.5) is 0 Å². The average Bonchev–Trinajstić information content (AvgIpc) is 2.43. The van der Waals surface area contributed by atoms with E-state index in [1.165, 1.54) is 18.4 Å². The summed E-state index contributed by atoms with van der Waals surface area (Å²) in [5.41, 5.74) is 1.33. The molecule has 19 heavy (non-hydrogen) atoms. The zero-order valence-electron chi connectivity index (χ0n) is 11.2. The lowest BCUT2D eigenvalue weighted by atomic mass is 10.0. The summed E-state index contributed by atoms with van der Waals surface area (Å²) in [6.45, 7) is 4.05. The summed E-state index contributed by atoms with van der Waals surface area (Å²) < 4.78 is 0. The first-order valence-corrected chi connectivity index (χ1v) is 7.29. The van der Waals surface area contributed by atoms with Crippen LogP contribution in [0.25, 0.3) is 0 Å². The van der Waals surface area contributed by atoms with Gasteiger partial charge in [-0.3, -0.25) is 4.90 Å². The van der Waals surface area contributed by atoms with E-state index in [1.54, 1.807) is 0 Å². The Kier molecular flexibility index (Phi) is 5.72. The number of benzene rings is 1. The van der Waals surface area contributed by atoms with Gasteiger partial charge in [0, 0.05) is 24.2 Å². The molecular formula is C16H21ClN2. The molecule has 0 atom stereocenters. The van der Waals surface area contributed by atoms with Gasteiger partial charge in [0.25, 0.3) is 0 Å². The summed E-state index contributed by atoms with van der Waals surface area (Å²) in [6.07, 6.45) is 8.78. The highest BCUT2D eigenvalue weighted by molar-refractivity contribution is 6.30. The van der Waals surface area contributed by atoms with Gasteiger partial charge in [0.1, 0.15) is 0 Å². The molecule has 1 aliphatic rings. The lowest BCUT2D eigenvalue weighted by Gasteiger charge is -2.31. The third-order valence-electron chi connectivity index (χ3n) is 3.66. The monoisotopic (exact) mass is 276 g/mol. The van der Waals surface area contributed by atoms with Gasteiger partial charge in [0.15, 0.2) is 0 Å². The Morgan fingerprint density at radius 1 is 1.26 bits per heavy atom. The molecule has 1 fully saturated rings. The molecule has 102 valence electrons. The van der Waals surface area contributed by atoms with Gasteiger partial charge < -0.3 is 5.32 Å². The fourth-order valence-electron chi connectivity index (χ4n) is 2.50. The maximum absolute atomic E-state index is 5.87. The minimum atomic E-state index is 0.640. The molecule has 0 aliphatic carbocycles. The summed E-state index contributed by atoms with van der Waals surface area (Å²) in [5, 5.41) is 4.44. The van der Waals surface area contributed by atoms with Crippen LogP contribution < -0.4 is 5.32 Å². The van der Waals surface area contributed by atoms with Crippen LogP contribution in [0.3, 0.4) is 0 Å². The third-order valence-corrected chi connectivity index (χ3v) is 3.91. The fourth-order valence-corrected chi connectivity index (χ4v) is 2.62. The summed E-state index contributed by atoms with van der Waals surface area (Å²) in [6, 6.07) is 8.74. The molecule has 0 saturated carbocycles. The van der Waals surface area contributed by atoms with Gasteiger partial charge in [-0.15, -0.1) is 6.42 Å². The molecular weight excluding hydrogens is 256 g/mol. The number of terminal acetylenes is 1. The van der Waals surface area contributed by atoms with E-state index in [4.69, 9.17) is 18.0 Å². The molecule has 1 saturated heterocycles. The zero-order chi connectivity index (χ0) is 13.5. The zero-order valence-corrected chi connectivity index (χ0v) is 12.0. The molecule has 1 aliphatic heterocycles. The smallest absolute Gasteiger partial charge is 0.0598 e. The Balaban J connectivity index is 1.64. The SMILES string of the molecule is C#CCN1CCC(NCCc2ccc(Cl)cc2)CC1. The lowest BCUT2D eigenvalue weighted by Crippen LogP contribution is -2.43. The molecule has 0 bridgehead atoms. The molecule has 3 heteroatoms. The van der Waals surface area contributed by atoms with E-state index in [0.29, 0.717) is 6.04 Å². The molecule has 1 N–H and O–H groups in total. The quantitative estimate of drug-likeness (QED) is 0.832. The Hall–Kier alpha value is -1.01. The third kappa shape index (κ3) is 4.87. The minimum absolute atomic E-state index is 0.640. The average molecular weight is 277 g/mol. The van der Waals surface area contributed by atoms with Crippen molar-refractivity contribution in [2.45, 2.75) is 25.3 Å². The first-order valence-electron chi connectivity index (χ1n) is 6.91. The summed E-state index contributed by atoms with van der Waals surface area (Å²) in [4.78, 5) is 2.34. The summed E-state index contributed by atoms with van der Waals surface area (Å²) >= 11 is 5.87. The van der Waals surface area contributed by atoms with Crippen molar-refractivity contribution in [3.05, 3.63) is 34.9 Å². The van der Waals surface area contributed by atoms with Gasteiger partial charge in [0.2, 0.25) is 0 Å². The first kappa shape index (κ1) is 14.4. The predicted molar refractivity (Wildman–Crippen MR) is 81.5 cm³/mol. The minimum Gasteiger partial charge on any atom is -0.314 e. The maximum Gasteiger partial charge on any atom is 0.0598 e. The topological polar surface area (TPSA) is 15.3 Å². The van der Waals surface area contributed by atoms with Crippen molar-refractivity contribution in [2.75, 3.05) is 26.2 Å². The summed E-state index contributed by atoms with van der Waals surface area (Å²) in [5.74, 6) is 2.72. The summed E-state index contributed by atoms with van der Waals surface area (Å²) in [7, 11) is 0. The highest BCUT2D eigenvalue weighted by Crippen LogP contribution is 2.11. The van der Waals surface area contributed by atoms with Crippen molar-refractivity contribution < 1.29 is 0 Å². The van der Waals surface area contributed by atoms with Crippen LogP contribution in [-0.4, -0.2) is 37.1 Å². The van der Waals surface area contributed by atoms with Gasteiger partial charge in [-0.2, -0.15) is 0 Å². The number of hydrogen-bond acceptors (Lipinski definition) is 2. The Bertz CT molecular complexity index is 413. The van der Waals surface area contributed by atoms with Gasteiger partial charge in [-0.05, 0) is 43.5 Å². The van der Waals surface area contributed by atoms with Crippen molar-refractivity contribution in [3.8, 4) is 12.3 Å². The molecule has 1 heterocycles. The van der Waals surface area contributed by atoms with Gasteiger partial charge in [0.05, 0.1) is 6.54 Å². The van der Waals surface area contributed by atoms with Crippen molar-refractivity contribution >= 4 is 11.6 Å². The van der Waals surface area contributed by atoms with Crippen molar-refractivity contribution in [1.29, 1.82) is 0 Å². The second kappa shape index (κ2) is 7.55. The predicted octanol–water partition coefficient (Wildman–Crippen LogP) is 2.57. The van der Waals surface area contributed by atoms with E-state index in [0.717, 1.165) is 37.6 Å². The number of likely N-dealkylation sites (tertiary alicyclic amines) is 1. The second-order valence-corrected chi connectivity index (χ2v) is 5.52. The normalized spacial score (nSPS) is 17.3. The molecule has 0 amide bonds. The van der Waals surface area contributed by atoms with Crippen LogP contribution in [-0.2, 0) is 6.42 Å². The molecule has 1 aromatic carbocycles. The first-order chi connectivity index (χ1) is 9.28. The molecule has 0 aromatic heterocycles. The highest BCUT2D eigenvalue weighted by Gasteiger charge is 2.17. The van der Waals surface area contributed by atoms with Crippen molar-refractivity contribution in [1.82, 2.24) is 10.2 Å². The van der Waals surface area contributed by atoms with E-state index in [9.17, 15) is 0 Å². The van der Waals surface area contributed by atoms with Crippen LogP contribution in [0.15, 0.2) is 24.3 Å². The number of halogens is 1. The van der Waals surface area contributed by atoms with E-state index >= 15 is 0 Å². The van der Waals surface area contributed by atoms with Gasteiger partial charge in [-0.25, -0.2) is 0 Å². The van der Waals surface area contributed by atoms with E-state index in [2.05, 4.69) is 28.3 Å². The Morgan fingerprint density at radius 2 is 1.95 bits per heavy atom. The van der Waals surface area contributed by atoms with Crippen molar-refractivity contribution in [3.63, 3.8) is 0 Å².